The Morgan fingerprint density at radius 1 is 0.724 bits per heavy atom. The van der Waals surface area contributed by atoms with Gasteiger partial charge in [-0.3, -0.25) is 9.20 Å². The number of benzene rings is 3. The van der Waals surface area contributed by atoms with E-state index in [0.29, 0.717) is 11.5 Å². The van der Waals surface area contributed by atoms with Crippen LogP contribution in [-0.2, 0) is 0 Å². The van der Waals surface area contributed by atoms with Crippen molar-refractivity contribution in [3.05, 3.63) is 89.2 Å². The van der Waals surface area contributed by atoms with Gasteiger partial charge < -0.3 is 9.47 Å². The molecule has 5 rings (SSSR count). The maximum atomic E-state index is 13.1. The second-order valence-electron chi connectivity index (χ2n) is 6.88. The molecule has 0 atom stereocenters. The Morgan fingerprint density at radius 2 is 1.34 bits per heavy atom. The molecule has 0 aliphatic rings. The topological polar surface area (TPSA) is 39.9 Å². The molecule has 0 aliphatic heterocycles. The smallest absolute Gasteiger partial charge is 0.255 e. The third-order valence-corrected chi connectivity index (χ3v) is 5.36. The van der Waals surface area contributed by atoms with Gasteiger partial charge >= 0.3 is 0 Å². The molecule has 0 unspecified atom stereocenters. The lowest BCUT2D eigenvalue weighted by Crippen LogP contribution is -2.12. The minimum Gasteiger partial charge on any atom is -0.496 e. The van der Waals surface area contributed by atoms with Crippen LogP contribution in [0.15, 0.2) is 83.7 Å². The molecule has 0 amide bonds. The van der Waals surface area contributed by atoms with E-state index in [-0.39, 0.29) is 5.56 Å². The lowest BCUT2D eigenvalue weighted by atomic mass is 9.97. The van der Waals surface area contributed by atoms with Crippen LogP contribution in [0, 0.1) is 0 Å². The van der Waals surface area contributed by atoms with Gasteiger partial charge in [0.05, 0.1) is 30.8 Å². The molecule has 4 nitrogen and oxygen atoms in total. The Labute approximate surface area is 167 Å². The number of ether oxygens (including phenoxy) is 2. The maximum absolute atomic E-state index is 13.1. The van der Waals surface area contributed by atoms with Crippen LogP contribution >= 0.6 is 0 Å². The van der Waals surface area contributed by atoms with Crippen LogP contribution in [0.5, 0.6) is 11.5 Å². The molecule has 4 heteroatoms. The summed E-state index contributed by atoms with van der Waals surface area (Å²) >= 11 is 0. The molecule has 0 bridgehead atoms. The molecule has 0 N–H and O–H groups in total. The summed E-state index contributed by atoms with van der Waals surface area (Å²) in [6.45, 7) is 0. The first-order valence-electron chi connectivity index (χ1n) is 9.41. The second kappa shape index (κ2) is 6.67. The molecule has 0 saturated heterocycles. The van der Waals surface area contributed by atoms with Gasteiger partial charge in [-0.1, -0.05) is 60.7 Å². The number of rotatable bonds is 4. The van der Waals surface area contributed by atoms with Gasteiger partial charge in [0.2, 0.25) is 0 Å². The Bertz CT molecular complexity index is 1370. The van der Waals surface area contributed by atoms with Crippen LogP contribution in [-0.4, -0.2) is 18.6 Å². The number of hydrogen-bond donors (Lipinski definition) is 0. The van der Waals surface area contributed by atoms with E-state index in [2.05, 4.69) is 12.1 Å². The summed E-state index contributed by atoms with van der Waals surface area (Å²) in [6, 6.07) is 25.4. The van der Waals surface area contributed by atoms with Crippen molar-refractivity contribution in [3.63, 3.8) is 0 Å². The second-order valence-corrected chi connectivity index (χ2v) is 6.88. The van der Waals surface area contributed by atoms with Crippen LogP contribution in [0.4, 0.5) is 0 Å². The fourth-order valence-electron chi connectivity index (χ4n) is 4.15. The van der Waals surface area contributed by atoms with E-state index < -0.39 is 0 Å². The highest BCUT2D eigenvalue weighted by Gasteiger charge is 2.25. The van der Waals surface area contributed by atoms with Crippen LogP contribution in [0.2, 0.25) is 0 Å². The van der Waals surface area contributed by atoms with Gasteiger partial charge in [0.15, 0.2) is 0 Å². The van der Waals surface area contributed by atoms with Crippen molar-refractivity contribution < 1.29 is 9.47 Å². The average Bonchev–Trinajstić information content (AvgIpc) is 3.14. The summed E-state index contributed by atoms with van der Waals surface area (Å²) in [5.41, 5.74) is 4.56. The standard InChI is InChI=1S/C25H19NO3/c1-28-19-15-20(29-2)23-22(16-9-5-3-6-10-16)24(17-11-7-4-8-12-17)26-21(27)14-13-18(19)25(23)26/h3-15H,1-2H3. The average molecular weight is 381 g/mol. The molecule has 29 heavy (non-hydrogen) atoms. The lowest BCUT2D eigenvalue weighted by molar-refractivity contribution is 0.401. The van der Waals surface area contributed by atoms with E-state index in [9.17, 15) is 4.79 Å². The van der Waals surface area contributed by atoms with Gasteiger partial charge in [0.1, 0.15) is 11.5 Å². The van der Waals surface area contributed by atoms with Gasteiger partial charge in [0, 0.05) is 23.1 Å². The molecule has 0 spiro atoms. The van der Waals surface area contributed by atoms with Gasteiger partial charge in [0.25, 0.3) is 5.56 Å². The monoisotopic (exact) mass is 381 g/mol. The number of pyridine rings is 1. The molecule has 3 aromatic carbocycles. The zero-order valence-electron chi connectivity index (χ0n) is 16.2. The summed E-state index contributed by atoms with van der Waals surface area (Å²) in [7, 11) is 3.27. The highest BCUT2D eigenvalue weighted by molar-refractivity contribution is 6.15. The molecule has 2 heterocycles. The summed E-state index contributed by atoms with van der Waals surface area (Å²) in [4.78, 5) is 13.1. The summed E-state index contributed by atoms with van der Waals surface area (Å²) in [6.07, 6.45) is 0. The van der Waals surface area contributed by atoms with Crippen molar-refractivity contribution in [3.8, 4) is 33.9 Å². The third kappa shape index (κ3) is 2.49. The molecular formula is C25H19NO3. The highest BCUT2D eigenvalue weighted by atomic mass is 16.5. The fourth-order valence-corrected chi connectivity index (χ4v) is 4.15. The predicted molar refractivity (Wildman–Crippen MR) is 116 cm³/mol. The van der Waals surface area contributed by atoms with Crippen molar-refractivity contribution in [2.24, 2.45) is 0 Å². The highest BCUT2D eigenvalue weighted by Crippen LogP contribution is 2.47. The molecule has 142 valence electrons. The Hall–Kier alpha value is -3.79. The first-order valence-corrected chi connectivity index (χ1v) is 9.41. The molecule has 0 saturated carbocycles. The van der Waals surface area contributed by atoms with Gasteiger partial charge in [-0.05, 0) is 17.2 Å². The molecule has 2 aromatic heterocycles. The molecule has 5 aromatic rings. The first-order chi connectivity index (χ1) is 14.2. The Morgan fingerprint density at radius 3 is 1.97 bits per heavy atom. The summed E-state index contributed by atoms with van der Waals surface area (Å²) in [5, 5.41) is 1.79. The van der Waals surface area contributed by atoms with Gasteiger partial charge in [-0.15, -0.1) is 0 Å². The Balaban J connectivity index is 2.11. The largest absolute Gasteiger partial charge is 0.496 e. The van der Waals surface area contributed by atoms with Crippen molar-refractivity contribution in [2.45, 2.75) is 0 Å². The SMILES string of the molecule is COc1cc(OC)c2c(-c3ccccc3)c(-c3ccccc3)n3c(=O)ccc1c23. The van der Waals surface area contributed by atoms with E-state index in [1.54, 1.807) is 24.7 Å². The van der Waals surface area contributed by atoms with Crippen LogP contribution in [0.25, 0.3) is 38.7 Å². The van der Waals surface area contributed by atoms with Crippen molar-refractivity contribution in [1.82, 2.24) is 4.40 Å². The maximum Gasteiger partial charge on any atom is 0.255 e. The molecule has 0 radical (unpaired) electrons. The van der Waals surface area contributed by atoms with Crippen LogP contribution in [0.3, 0.4) is 0 Å². The van der Waals surface area contributed by atoms with Crippen LogP contribution in [0.1, 0.15) is 0 Å². The van der Waals surface area contributed by atoms with E-state index in [0.717, 1.165) is 38.7 Å². The minimum atomic E-state index is -0.0844. The number of nitrogens with zero attached hydrogens (tertiary/aromatic N) is 1. The predicted octanol–water partition coefficient (Wildman–Crippen LogP) is 5.24. The van der Waals surface area contributed by atoms with Crippen LogP contribution < -0.4 is 15.0 Å². The van der Waals surface area contributed by atoms with E-state index in [4.69, 9.17) is 9.47 Å². The zero-order valence-corrected chi connectivity index (χ0v) is 16.2. The number of aromatic nitrogens is 1. The number of methoxy groups -OCH3 is 2. The van der Waals surface area contributed by atoms with Gasteiger partial charge in [-0.2, -0.15) is 0 Å². The zero-order chi connectivity index (χ0) is 20.0. The third-order valence-electron chi connectivity index (χ3n) is 5.36. The Kier molecular flexibility index (Phi) is 3.98. The molecular weight excluding hydrogens is 362 g/mol. The minimum absolute atomic E-state index is 0.0844. The lowest BCUT2D eigenvalue weighted by Gasteiger charge is -2.11. The van der Waals surface area contributed by atoms with Crippen molar-refractivity contribution in [2.75, 3.05) is 14.2 Å². The molecule has 0 fully saturated rings. The van der Waals surface area contributed by atoms with Crippen molar-refractivity contribution >= 4 is 16.3 Å². The normalized spacial score (nSPS) is 11.2. The van der Waals surface area contributed by atoms with Gasteiger partial charge in [-0.25, -0.2) is 0 Å². The van der Waals surface area contributed by atoms with Crippen molar-refractivity contribution in [1.29, 1.82) is 0 Å². The summed E-state index contributed by atoms with van der Waals surface area (Å²) < 4.78 is 13.2. The quantitative estimate of drug-likeness (QED) is 0.427. The fraction of sp³-hybridized carbons (Fsp3) is 0.0800. The summed E-state index contributed by atoms with van der Waals surface area (Å²) in [5.74, 6) is 1.36. The molecule has 0 aliphatic carbocycles. The van der Waals surface area contributed by atoms with E-state index in [1.165, 1.54) is 0 Å². The number of hydrogen-bond acceptors (Lipinski definition) is 3. The van der Waals surface area contributed by atoms with E-state index >= 15 is 0 Å². The van der Waals surface area contributed by atoms with E-state index in [1.807, 2.05) is 60.7 Å². The first kappa shape index (κ1) is 17.3.